The highest BCUT2D eigenvalue weighted by molar-refractivity contribution is 14.1. The lowest BCUT2D eigenvalue weighted by Gasteiger charge is -2.22. The van der Waals surface area contributed by atoms with Gasteiger partial charge in [0.05, 0.1) is 11.4 Å². The second-order valence-electron chi connectivity index (χ2n) is 5.97. The minimum atomic E-state index is -0.199. The average Bonchev–Trinajstić information content (AvgIpc) is 2.34. The van der Waals surface area contributed by atoms with E-state index in [-0.39, 0.29) is 11.2 Å². The van der Waals surface area contributed by atoms with Crippen LogP contribution in [0.15, 0.2) is 24.3 Å². The Morgan fingerprint density at radius 3 is 2.40 bits per heavy atom. The lowest BCUT2D eigenvalue weighted by atomic mass is 9.85. The van der Waals surface area contributed by atoms with Crippen molar-refractivity contribution in [2.75, 3.05) is 5.73 Å². The maximum atomic E-state index is 13.4. The molecule has 1 heterocycles. The highest BCUT2D eigenvalue weighted by Gasteiger charge is 2.20. The number of aromatic nitrogens is 1. The second-order valence-corrected chi connectivity index (χ2v) is 7.00. The number of benzene rings is 1. The summed E-state index contributed by atoms with van der Waals surface area (Å²) < 4.78 is 14.2. The molecule has 2 rings (SSSR count). The molecule has 0 bridgehead atoms. The molecule has 0 saturated carbocycles. The minimum absolute atomic E-state index is 0.0588. The van der Waals surface area contributed by atoms with Crippen molar-refractivity contribution >= 4 is 28.3 Å². The van der Waals surface area contributed by atoms with Crippen molar-refractivity contribution < 1.29 is 4.39 Å². The maximum absolute atomic E-state index is 13.4. The number of anilines is 1. The monoisotopic (exact) mass is 384 g/mol. The van der Waals surface area contributed by atoms with Gasteiger partial charge in [-0.25, -0.2) is 9.37 Å². The molecule has 2 nitrogen and oxygen atoms in total. The summed E-state index contributed by atoms with van der Waals surface area (Å²) in [6.45, 7) is 8.11. The van der Waals surface area contributed by atoms with Crippen LogP contribution >= 0.6 is 22.6 Å². The number of nitrogen functional groups attached to an aromatic ring is 1. The van der Waals surface area contributed by atoms with Crippen LogP contribution in [0.2, 0.25) is 0 Å². The smallest absolute Gasteiger partial charge is 0.126 e. The summed E-state index contributed by atoms with van der Waals surface area (Å²) in [7, 11) is 0. The molecule has 0 radical (unpaired) electrons. The van der Waals surface area contributed by atoms with E-state index in [1.54, 1.807) is 13.0 Å². The molecule has 0 unspecified atom stereocenters. The highest BCUT2D eigenvalue weighted by Crippen LogP contribution is 2.33. The van der Waals surface area contributed by atoms with E-state index in [2.05, 4.69) is 48.3 Å². The molecule has 0 aliphatic carbocycles. The van der Waals surface area contributed by atoms with Crippen molar-refractivity contribution in [2.45, 2.75) is 33.1 Å². The van der Waals surface area contributed by atoms with Gasteiger partial charge in [-0.1, -0.05) is 20.8 Å². The zero-order chi connectivity index (χ0) is 15.1. The van der Waals surface area contributed by atoms with Crippen LogP contribution in [0.5, 0.6) is 0 Å². The largest absolute Gasteiger partial charge is 0.396 e. The first kappa shape index (κ1) is 15.2. The van der Waals surface area contributed by atoms with Crippen LogP contribution in [-0.2, 0) is 5.41 Å². The van der Waals surface area contributed by atoms with Crippen molar-refractivity contribution in [2.24, 2.45) is 0 Å². The molecule has 4 heteroatoms. The zero-order valence-electron chi connectivity index (χ0n) is 12.1. The van der Waals surface area contributed by atoms with E-state index in [1.807, 2.05) is 12.1 Å². The summed E-state index contributed by atoms with van der Waals surface area (Å²) >= 11 is 2.15. The maximum Gasteiger partial charge on any atom is 0.126 e. The van der Waals surface area contributed by atoms with Gasteiger partial charge < -0.3 is 5.73 Å². The van der Waals surface area contributed by atoms with Gasteiger partial charge in [0.1, 0.15) is 9.52 Å². The lowest BCUT2D eigenvalue weighted by Crippen LogP contribution is -2.16. The molecule has 0 aliphatic heterocycles. The Morgan fingerprint density at radius 2 is 1.85 bits per heavy atom. The van der Waals surface area contributed by atoms with Crippen LogP contribution in [0.25, 0.3) is 11.3 Å². The molecular weight excluding hydrogens is 366 g/mol. The molecule has 20 heavy (non-hydrogen) atoms. The average molecular weight is 384 g/mol. The number of nitrogens with two attached hydrogens (primary N) is 1. The molecule has 0 fully saturated rings. The SMILES string of the molecule is Cc1cc(-c2cc(C(C)(C)C)c(N)c(I)n2)ccc1F. The number of hydrogen-bond acceptors (Lipinski definition) is 2. The summed E-state index contributed by atoms with van der Waals surface area (Å²) in [5, 5.41) is 0. The van der Waals surface area contributed by atoms with Crippen LogP contribution in [0.3, 0.4) is 0 Å². The summed E-state index contributed by atoms with van der Waals surface area (Å²) in [4.78, 5) is 4.53. The molecular formula is C16H18FIN2. The Bertz CT molecular complexity index is 660. The molecule has 2 aromatic rings. The number of rotatable bonds is 1. The molecule has 0 spiro atoms. The first-order valence-electron chi connectivity index (χ1n) is 6.43. The third-order valence-electron chi connectivity index (χ3n) is 3.27. The van der Waals surface area contributed by atoms with Gasteiger partial charge in [-0.15, -0.1) is 0 Å². The summed E-state index contributed by atoms with van der Waals surface area (Å²) in [6, 6.07) is 7.05. The minimum Gasteiger partial charge on any atom is -0.396 e. The quantitative estimate of drug-likeness (QED) is 0.573. The molecule has 0 saturated heterocycles. The van der Waals surface area contributed by atoms with Gasteiger partial charge in [0, 0.05) is 5.56 Å². The third-order valence-corrected chi connectivity index (χ3v) is 4.10. The Hall–Kier alpha value is -1.17. The van der Waals surface area contributed by atoms with E-state index in [9.17, 15) is 4.39 Å². The van der Waals surface area contributed by atoms with Crippen molar-refractivity contribution in [3.8, 4) is 11.3 Å². The highest BCUT2D eigenvalue weighted by atomic mass is 127. The standard InChI is InChI=1S/C16H18FIN2/c1-9-7-10(5-6-12(9)17)13-8-11(16(2,3)4)14(19)15(18)20-13/h5-8H,19H2,1-4H3. The fourth-order valence-electron chi connectivity index (χ4n) is 2.10. The van der Waals surface area contributed by atoms with Crippen LogP contribution in [-0.4, -0.2) is 4.98 Å². The normalized spacial score (nSPS) is 11.7. The number of pyridine rings is 1. The number of nitrogens with zero attached hydrogens (tertiary/aromatic N) is 1. The van der Waals surface area contributed by atoms with Crippen molar-refractivity contribution in [1.29, 1.82) is 0 Å². The molecule has 0 aliphatic rings. The van der Waals surface area contributed by atoms with Gasteiger partial charge in [-0.05, 0) is 70.3 Å². The van der Waals surface area contributed by atoms with E-state index < -0.39 is 0 Å². The van der Waals surface area contributed by atoms with Crippen LogP contribution in [0.1, 0.15) is 31.9 Å². The van der Waals surface area contributed by atoms with Crippen molar-refractivity contribution in [3.63, 3.8) is 0 Å². The van der Waals surface area contributed by atoms with Gasteiger partial charge in [0.25, 0.3) is 0 Å². The molecule has 1 aromatic heterocycles. The third kappa shape index (κ3) is 2.95. The predicted octanol–water partition coefficient (Wildman–Crippen LogP) is 4.68. The Balaban J connectivity index is 2.63. The molecule has 0 atom stereocenters. The Kier molecular flexibility index (Phi) is 4.04. The topological polar surface area (TPSA) is 38.9 Å². The zero-order valence-corrected chi connectivity index (χ0v) is 14.2. The number of hydrogen-bond donors (Lipinski definition) is 1. The van der Waals surface area contributed by atoms with Gasteiger partial charge in [0.2, 0.25) is 0 Å². The lowest BCUT2D eigenvalue weighted by molar-refractivity contribution is 0.591. The van der Waals surface area contributed by atoms with Crippen molar-refractivity contribution in [1.82, 2.24) is 4.98 Å². The van der Waals surface area contributed by atoms with E-state index in [0.29, 0.717) is 5.56 Å². The van der Waals surface area contributed by atoms with Crippen LogP contribution in [0, 0.1) is 16.4 Å². The first-order valence-corrected chi connectivity index (χ1v) is 7.51. The number of halogens is 2. The van der Waals surface area contributed by atoms with Gasteiger partial charge in [0.15, 0.2) is 0 Å². The molecule has 1 aromatic carbocycles. The Morgan fingerprint density at radius 1 is 1.20 bits per heavy atom. The fourth-order valence-corrected chi connectivity index (χ4v) is 2.65. The van der Waals surface area contributed by atoms with Gasteiger partial charge in [-0.3, -0.25) is 0 Å². The molecule has 2 N–H and O–H groups in total. The molecule has 0 amide bonds. The van der Waals surface area contributed by atoms with Gasteiger partial charge in [-0.2, -0.15) is 0 Å². The van der Waals surface area contributed by atoms with Crippen LogP contribution < -0.4 is 5.73 Å². The predicted molar refractivity (Wildman–Crippen MR) is 90.2 cm³/mol. The number of aryl methyl sites for hydroxylation is 1. The Labute approximate surface area is 132 Å². The fraction of sp³-hybridized carbons (Fsp3) is 0.312. The van der Waals surface area contributed by atoms with E-state index in [1.165, 1.54) is 6.07 Å². The summed E-state index contributed by atoms with van der Waals surface area (Å²) in [5.41, 5.74) is 10.2. The van der Waals surface area contributed by atoms with E-state index in [0.717, 1.165) is 26.2 Å². The first-order chi connectivity index (χ1) is 9.20. The van der Waals surface area contributed by atoms with E-state index >= 15 is 0 Å². The van der Waals surface area contributed by atoms with Crippen LogP contribution in [0.4, 0.5) is 10.1 Å². The molecule has 106 valence electrons. The van der Waals surface area contributed by atoms with E-state index in [4.69, 9.17) is 5.73 Å². The summed E-state index contributed by atoms with van der Waals surface area (Å²) in [6.07, 6.45) is 0. The van der Waals surface area contributed by atoms with Gasteiger partial charge >= 0.3 is 0 Å². The second kappa shape index (κ2) is 5.31. The summed E-state index contributed by atoms with van der Waals surface area (Å²) in [5.74, 6) is -0.199. The van der Waals surface area contributed by atoms with Crippen molar-refractivity contribution in [3.05, 3.63) is 44.9 Å².